The Hall–Kier alpha value is 0.830. The maximum Gasteiger partial charge on any atom is 1.00 e. The smallest absolute Gasteiger partial charge is 0.746 e. The van der Waals surface area contributed by atoms with Crippen molar-refractivity contribution in [2.75, 3.05) is 13.2 Å². The van der Waals surface area contributed by atoms with E-state index in [9.17, 15) is 13.0 Å². The second-order valence-corrected chi connectivity index (χ2v) is 3.30. The van der Waals surface area contributed by atoms with E-state index in [-0.39, 0.29) is 42.8 Å². The minimum atomic E-state index is -4.36. The van der Waals surface area contributed by atoms with Gasteiger partial charge < -0.3 is 14.4 Å². The fraction of sp³-hybridized carbons (Fsp3) is 1.00. The first-order valence-electron chi connectivity index (χ1n) is 2.65. The van der Waals surface area contributed by atoms with E-state index in [0.717, 1.165) is 6.92 Å². The maximum absolute atomic E-state index is 10.1. The Morgan fingerprint density at radius 2 is 2.09 bits per heavy atom. The van der Waals surface area contributed by atoms with Gasteiger partial charge in [-0.05, 0) is 6.92 Å². The summed E-state index contributed by atoms with van der Waals surface area (Å²) >= 11 is 0. The van der Waals surface area contributed by atoms with Crippen molar-refractivity contribution in [3.05, 3.63) is 0 Å². The summed E-state index contributed by atoms with van der Waals surface area (Å²) in [6.45, 7) is 0.695. The van der Waals surface area contributed by atoms with Crippen molar-refractivity contribution in [3.63, 3.8) is 0 Å². The summed E-state index contributed by atoms with van der Waals surface area (Å²) in [6, 6.07) is 0. The van der Waals surface area contributed by atoms with Gasteiger partial charge in [-0.1, -0.05) is 0 Å². The van der Waals surface area contributed by atoms with E-state index in [1.165, 1.54) is 0 Å². The fourth-order valence-corrected chi connectivity index (χ4v) is 0.565. The van der Waals surface area contributed by atoms with Crippen molar-refractivity contribution >= 4 is 10.1 Å². The molecule has 0 rings (SSSR count). The van der Waals surface area contributed by atoms with Gasteiger partial charge in [0.1, 0.15) is 15.6 Å². The van der Waals surface area contributed by atoms with Crippen LogP contribution in [0.2, 0.25) is 0 Å². The van der Waals surface area contributed by atoms with E-state index in [1.54, 1.807) is 0 Å². The summed E-state index contributed by atoms with van der Waals surface area (Å²) in [5.41, 5.74) is -1.38. The number of hydrogen-bond donors (Lipinski definition) is 1. The van der Waals surface area contributed by atoms with E-state index in [2.05, 4.69) is 4.74 Å². The average Bonchev–Trinajstić information content (AvgIpc) is 1.80. The van der Waals surface area contributed by atoms with Crippen LogP contribution in [0.1, 0.15) is 6.92 Å². The number of ether oxygens (including phenoxy) is 1. The second-order valence-electron chi connectivity index (χ2n) is 1.65. The number of aliphatic hydroxyl groups excluding tert-OH is 1. The number of rotatable bonds is 4. The summed E-state index contributed by atoms with van der Waals surface area (Å²) in [6.07, 6.45) is 0. The molecule has 0 aliphatic rings. The van der Waals surface area contributed by atoms with Crippen molar-refractivity contribution in [3.8, 4) is 0 Å². The molecule has 1 unspecified atom stereocenters. The van der Waals surface area contributed by atoms with E-state index >= 15 is 0 Å². The third kappa shape index (κ3) is 7.20. The van der Waals surface area contributed by atoms with Gasteiger partial charge in [-0.3, -0.25) is 0 Å². The van der Waals surface area contributed by atoms with Crippen LogP contribution in [0.3, 0.4) is 0 Å². The standard InChI is InChI=1S/C4H10O5S.Na/c1-4(9-3-2-5)10(6,7)8;/h4-5H,2-3H2,1H3,(H,6,7,8);/q;+1/p-1. The predicted octanol–water partition coefficient (Wildman–Crippen LogP) is -4.11. The molecule has 62 valence electrons. The van der Waals surface area contributed by atoms with Gasteiger partial charge in [0.2, 0.25) is 0 Å². The molecule has 0 saturated heterocycles. The first kappa shape index (κ1) is 14.4. The van der Waals surface area contributed by atoms with Crippen LogP contribution in [0.4, 0.5) is 0 Å². The summed E-state index contributed by atoms with van der Waals surface area (Å²) < 4.78 is 34.6. The average molecular weight is 192 g/mol. The third-order valence-electron chi connectivity index (χ3n) is 0.850. The molecule has 0 aliphatic heterocycles. The van der Waals surface area contributed by atoms with Crippen LogP contribution >= 0.6 is 0 Å². The molecule has 0 spiro atoms. The molecule has 0 radical (unpaired) electrons. The minimum absolute atomic E-state index is 0. The van der Waals surface area contributed by atoms with E-state index in [1.807, 2.05) is 0 Å². The molecule has 0 aromatic heterocycles. The predicted molar refractivity (Wildman–Crippen MR) is 32.2 cm³/mol. The summed E-state index contributed by atoms with van der Waals surface area (Å²) in [5.74, 6) is 0. The largest absolute Gasteiger partial charge is 1.00 e. The summed E-state index contributed by atoms with van der Waals surface area (Å²) in [5, 5.41) is 8.16. The van der Waals surface area contributed by atoms with Crippen molar-refractivity contribution in [1.29, 1.82) is 0 Å². The molecular formula is C4H9NaO5S. The molecule has 0 heterocycles. The summed E-state index contributed by atoms with van der Waals surface area (Å²) in [4.78, 5) is 0. The Kier molecular flexibility index (Phi) is 8.30. The van der Waals surface area contributed by atoms with E-state index in [0.29, 0.717) is 0 Å². The molecule has 11 heavy (non-hydrogen) atoms. The molecule has 1 N–H and O–H groups in total. The zero-order valence-corrected chi connectivity index (χ0v) is 9.30. The Labute approximate surface area is 87.8 Å². The second kappa shape index (κ2) is 6.36. The van der Waals surface area contributed by atoms with Gasteiger partial charge in [-0.25, -0.2) is 8.42 Å². The van der Waals surface area contributed by atoms with Crippen molar-refractivity contribution < 1.29 is 52.4 Å². The molecule has 0 aliphatic carbocycles. The third-order valence-corrected chi connectivity index (χ3v) is 1.80. The number of aliphatic hydroxyl groups is 1. The molecule has 5 nitrogen and oxygen atoms in total. The van der Waals surface area contributed by atoms with Gasteiger partial charge in [-0.2, -0.15) is 0 Å². The maximum atomic E-state index is 10.1. The van der Waals surface area contributed by atoms with Crippen LogP contribution in [0, 0.1) is 0 Å². The van der Waals surface area contributed by atoms with E-state index < -0.39 is 15.6 Å². The Morgan fingerprint density at radius 3 is 2.36 bits per heavy atom. The molecule has 0 fully saturated rings. The van der Waals surface area contributed by atoms with Crippen LogP contribution in [-0.4, -0.2) is 36.7 Å². The first-order valence-corrected chi connectivity index (χ1v) is 4.13. The molecule has 0 bridgehead atoms. The van der Waals surface area contributed by atoms with Crippen LogP contribution in [0.5, 0.6) is 0 Å². The zero-order chi connectivity index (χ0) is 8.20. The summed E-state index contributed by atoms with van der Waals surface area (Å²) in [7, 11) is -4.36. The van der Waals surface area contributed by atoms with Gasteiger partial charge >= 0.3 is 29.6 Å². The monoisotopic (exact) mass is 192 g/mol. The van der Waals surface area contributed by atoms with Crippen LogP contribution in [-0.2, 0) is 14.9 Å². The molecule has 0 aromatic rings. The molecule has 0 aromatic carbocycles. The van der Waals surface area contributed by atoms with Gasteiger partial charge in [0.05, 0.1) is 13.2 Å². The van der Waals surface area contributed by atoms with Gasteiger partial charge in [0.15, 0.2) is 0 Å². The normalized spacial score (nSPS) is 13.7. The van der Waals surface area contributed by atoms with Crippen LogP contribution < -0.4 is 29.6 Å². The number of hydrogen-bond acceptors (Lipinski definition) is 5. The SMILES string of the molecule is CC(OCCO)S(=O)(=O)[O-].[Na+]. The minimum Gasteiger partial charge on any atom is -0.746 e. The molecule has 7 heteroatoms. The van der Waals surface area contributed by atoms with Crippen molar-refractivity contribution in [1.82, 2.24) is 0 Å². The quantitative estimate of drug-likeness (QED) is 0.361. The van der Waals surface area contributed by atoms with Gasteiger partial charge in [0, 0.05) is 0 Å². The van der Waals surface area contributed by atoms with Crippen LogP contribution in [0.15, 0.2) is 0 Å². The first-order chi connectivity index (χ1) is 4.48. The van der Waals surface area contributed by atoms with Crippen molar-refractivity contribution in [2.24, 2.45) is 0 Å². The zero-order valence-electron chi connectivity index (χ0n) is 6.48. The molecule has 0 saturated carbocycles. The van der Waals surface area contributed by atoms with E-state index in [4.69, 9.17) is 5.11 Å². The van der Waals surface area contributed by atoms with Crippen molar-refractivity contribution in [2.45, 2.75) is 12.4 Å². The Morgan fingerprint density at radius 1 is 1.64 bits per heavy atom. The Balaban J connectivity index is 0. The fourth-order valence-electron chi connectivity index (χ4n) is 0.302. The molecule has 1 atom stereocenters. The van der Waals surface area contributed by atoms with Gasteiger partial charge in [0.25, 0.3) is 0 Å². The topological polar surface area (TPSA) is 86.7 Å². The molecule has 0 amide bonds. The van der Waals surface area contributed by atoms with Crippen LogP contribution in [0.25, 0.3) is 0 Å². The molecular weight excluding hydrogens is 183 g/mol. The van der Waals surface area contributed by atoms with Gasteiger partial charge in [-0.15, -0.1) is 0 Å². The Bertz CT molecular complexity index is 177.